The molecule has 0 aliphatic heterocycles. The van der Waals surface area contributed by atoms with Crippen molar-refractivity contribution in [1.82, 2.24) is 0 Å². The van der Waals surface area contributed by atoms with Gasteiger partial charge in [0, 0.05) is 7.11 Å². The van der Waals surface area contributed by atoms with Crippen LogP contribution < -0.4 is 0 Å². The van der Waals surface area contributed by atoms with Gasteiger partial charge in [-0.15, -0.1) is 0 Å². The van der Waals surface area contributed by atoms with Crippen molar-refractivity contribution in [2.24, 2.45) is 0 Å². The summed E-state index contributed by atoms with van der Waals surface area (Å²) in [7, 11) is 1.64. The minimum atomic E-state index is -0.673. The Morgan fingerprint density at radius 3 is 2.88 bits per heavy atom. The van der Waals surface area contributed by atoms with Gasteiger partial charge in [0.05, 0.1) is 12.3 Å². The standard InChI is InChI=1S/C3H12O3Si2/c1-5-2-3(4)8-6-7/h3-4H,2,8H2,1,7H3. The first-order valence-corrected chi connectivity index (χ1v) is 4.68. The number of aliphatic hydroxyl groups is 1. The highest BCUT2D eigenvalue weighted by Gasteiger charge is 2.00. The fraction of sp³-hybridized carbons (Fsp3) is 1.00. The molecule has 0 saturated heterocycles. The molecule has 3 nitrogen and oxygen atoms in total. The maximum atomic E-state index is 8.88. The Bertz CT molecular complexity index is 45.8. The van der Waals surface area contributed by atoms with Crippen LogP contribution in [0.5, 0.6) is 0 Å². The Morgan fingerprint density at radius 2 is 2.50 bits per heavy atom. The van der Waals surface area contributed by atoms with Crippen LogP contribution in [0, 0.1) is 0 Å². The van der Waals surface area contributed by atoms with Crippen LogP contribution in [0.2, 0.25) is 0 Å². The summed E-state index contributed by atoms with van der Waals surface area (Å²) in [5.41, 5.74) is -0.308. The number of hydrogen-bond donors (Lipinski definition) is 1. The number of hydrogen-bond acceptors (Lipinski definition) is 3. The molecule has 0 aromatic heterocycles. The summed E-state index contributed by atoms with van der Waals surface area (Å²) < 4.78 is 9.58. The van der Waals surface area contributed by atoms with Gasteiger partial charge in [-0.05, 0) is 0 Å². The quantitative estimate of drug-likeness (QED) is 0.447. The van der Waals surface area contributed by atoms with Crippen LogP contribution in [0.3, 0.4) is 0 Å². The maximum absolute atomic E-state index is 8.88. The maximum Gasteiger partial charge on any atom is 0.178 e. The Labute approximate surface area is 54.5 Å². The van der Waals surface area contributed by atoms with Crippen molar-refractivity contribution >= 4 is 20.2 Å². The van der Waals surface area contributed by atoms with E-state index in [0.29, 0.717) is 6.61 Å². The topological polar surface area (TPSA) is 38.7 Å². The Balaban J connectivity index is 2.92. The summed E-state index contributed by atoms with van der Waals surface area (Å²) in [5.74, 6) is 0. The van der Waals surface area contributed by atoms with Gasteiger partial charge in [0.25, 0.3) is 0 Å². The second kappa shape index (κ2) is 5.45. The zero-order chi connectivity index (χ0) is 6.41. The lowest BCUT2D eigenvalue weighted by Gasteiger charge is -2.05. The summed E-state index contributed by atoms with van der Waals surface area (Å²) in [4.78, 5) is 0. The van der Waals surface area contributed by atoms with Crippen LogP contribution >= 0.6 is 0 Å². The number of rotatable bonds is 4. The predicted octanol–water partition coefficient (Wildman–Crippen LogP) is -2.67. The van der Waals surface area contributed by atoms with Crippen molar-refractivity contribution < 1.29 is 14.0 Å². The lowest BCUT2D eigenvalue weighted by Crippen LogP contribution is -2.23. The Morgan fingerprint density at radius 1 is 1.88 bits per heavy atom. The minimum absolute atomic E-state index is 0.308. The molecule has 0 aliphatic carbocycles. The van der Waals surface area contributed by atoms with E-state index in [1.165, 1.54) is 0 Å². The van der Waals surface area contributed by atoms with Crippen LogP contribution in [0.4, 0.5) is 0 Å². The highest BCUT2D eigenvalue weighted by molar-refractivity contribution is 6.35. The fourth-order valence-electron chi connectivity index (χ4n) is 0.433. The molecular weight excluding hydrogens is 140 g/mol. The summed E-state index contributed by atoms with van der Waals surface area (Å²) in [6, 6.07) is 0. The molecule has 0 aromatic carbocycles. The molecule has 0 amide bonds. The monoisotopic (exact) mass is 152 g/mol. The fourth-order valence-corrected chi connectivity index (χ4v) is 2.30. The third kappa shape index (κ3) is 4.47. The largest absolute Gasteiger partial charge is 0.466 e. The first-order chi connectivity index (χ1) is 3.81. The van der Waals surface area contributed by atoms with Gasteiger partial charge in [-0.25, -0.2) is 0 Å². The summed E-state index contributed by atoms with van der Waals surface area (Å²) >= 11 is 0. The van der Waals surface area contributed by atoms with E-state index in [1.807, 2.05) is 0 Å². The molecule has 1 N–H and O–H groups in total. The minimum Gasteiger partial charge on any atom is -0.466 e. The molecule has 50 valence electrons. The molecule has 0 rings (SSSR count). The molecule has 0 spiro atoms. The molecule has 0 heterocycles. The van der Waals surface area contributed by atoms with Gasteiger partial charge in [0.15, 0.2) is 9.76 Å². The van der Waals surface area contributed by atoms with Crippen molar-refractivity contribution in [1.29, 1.82) is 0 Å². The summed E-state index contributed by atoms with van der Waals surface area (Å²) in [6.07, 6.45) is 0. The highest BCUT2D eigenvalue weighted by atomic mass is 28.3. The van der Waals surface area contributed by atoms with Crippen LogP contribution in [0.15, 0.2) is 0 Å². The van der Waals surface area contributed by atoms with E-state index in [1.54, 1.807) is 7.11 Å². The highest BCUT2D eigenvalue weighted by Crippen LogP contribution is 1.78. The molecule has 8 heavy (non-hydrogen) atoms. The van der Waals surface area contributed by atoms with Gasteiger partial charge in [0.2, 0.25) is 0 Å². The van der Waals surface area contributed by atoms with Crippen molar-refractivity contribution in [3.05, 3.63) is 0 Å². The van der Waals surface area contributed by atoms with Gasteiger partial charge in [-0.2, -0.15) is 0 Å². The van der Waals surface area contributed by atoms with E-state index < -0.39 is 9.76 Å². The smallest absolute Gasteiger partial charge is 0.178 e. The lowest BCUT2D eigenvalue weighted by molar-refractivity contribution is 0.105. The van der Waals surface area contributed by atoms with Gasteiger partial charge >= 0.3 is 0 Å². The van der Waals surface area contributed by atoms with Crippen LogP contribution in [-0.2, 0) is 8.85 Å². The number of methoxy groups -OCH3 is 1. The SMILES string of the molecule is COCC(O)[SiH2]O[SiH3]. The summed E-state index contributed by atoms with van der Waals surface area (Å²) in [5, 5.41) is 8.88. The molecule has 1 unspecified atom stereocenters. The molecule has 0 aromatic rings. The van der Waals surface area contributed by atoms with E-state index in [0.717, 1.165) is 10.5 Å². The molecule has 0 aliphatic rings. The van der Waals surface area contributed by atoms with Crippen molar-refractivity contribution in [3.8, 4) is 0 Å². The molecule has 5 heteroatoms. The third-order valence-corrected chi connectivity index (χ3v) is 2.67. The zero-order valence-electron chi connectivity index (χ0n) is 5.26. The first-order valence-electron chi connectivity index (χ1n) is 2.47. The number of aliphatic hydroxyl groups excluding tert-OH is 1. The molecule has 0 saturated carbocycles. The van der Waals surface area contributed by atoms with Crippen molar-refractivity contribution in [2.45, 2.75) is 5.73 Å². The molecule has 0 bridgehead atoms. The van der Waals surface area contributed by atoms with Gasteiger partial charge in [0.1, 0.15) is 10.5 Å². The van der Waals surface area contributed by atoms with E-state index >= 15 is 0 Å². The second-order valence-corrected chi connectivity index (χ2v) is 5.15. The van der Waals surface area contributed by atoms with Gasteiger partial charge in [-0.3, -0.25) is 0 Å². The van der Waals surface area contributed by atoms with Crippen LogP contribution in [-0.4, -0.2) is 44.8 Å². The molecular formula is C3H12O3Si2. The summed E-state index contributed by atoms with van der Waals surface area (Å²) in [6.45, 7) is 0.425. The second-order valence-electron chi connectivity index (χ2n) is 1.56. The van der Waals surface area contributed by atoms with Crippen LogP contribution in [0.1, 0.15) is 0 Å². The molecule has 0 fully saturated rings. The van der Waals surface area contributed by atoms with E-state index in [9.17, 15) is 0 Å². The van der Waals surface area contributed by atoms with Gasteiger partial charge in [-0.1, -0.05) is 0 Å². The third-order valence-electron chi connectivity index (χ3n) is 0.718. The first kappa shape index (κ1) is 8.31. The predicted molar refractivity (Wildman–Crippen MR) is 37.5 cm³/mol. The average molecular weight is 152 g/mol. The molecule has 0 radical (unpaired) electrons. The number of ether oxygens (including phenoxy) is 1. The Hall–Kier alpha value is 0.314. The zero-order valence-corrected chi connectivity index (χ0v) is 8.67. The normalized spacial score (nSPS) is 15.8. The van der Waals surface area contributed by atoms with E-state index in [-0.39, 0.29) is 5.73 Å². The van der Waals surface area contributed by atoms with Crippen LogP contribution in [0.25, 0.3) is 0 Å². The van der Waals surface area contributed by atoms with E-state index in [4.69, 9.17) is 9.22 Å². The Kier molecular flexibility index (Phi) is 5.66. The molecule has 1 atom stereocenters. The van der Waals surface area contributed by atoms with E-state index in [2.05, 4.69) is 4.74 Å². The van der Waals surface area contributed by atoms with Crippen molar-refractivity contribution in [2.75, 3.05) is 13.7 Å². The average Bonchev–Trinajstić information content (AvgIpc) is 1.68. The van der Waals surface area contributed by atoms with Crippen molar-refractivity contribution in [3.63, 3.8) is 0 Å². The lowest BCUT2D eigenvalue weighted by atomic mass is 10.8. The van der Waals surface area contributed by atoms with Gasteiger partial charge < -0.3 is 14.0 Å².